The van der Waals surface area contributed by atoms with Gasteiger partial charge >= 0.3 is 0 Å². The minimum absolute atomic E-state index is 0.0308. The van der Waals surface area contributed by atoms with Crippen molar-refractivity contribution in [1.29, 1.82) is 0 Å². The molecule has 2 aromatic carbocycles. The molecule has 1 aliphatic heterocycles. The number of hydrogen-bond acceptors (Lipinski definition) is 6. The fourth-order valence-electron chi connectivity index (χ4n) is 3.04. The van der Waals surface area contributed by atoms with Crippen molar-refractivity contribution in [1.82, 2.24) is 4.90 Å². The summed E-state index contributed by atoms with van der Waals surface area (Å²) in [6.45, 7) is 3.39. The second-order valence-corrected chi connectivity index (χ2v) is 6.41. The molecule has 0 bridgehead atoms. The van der Waals surface area contributed by atoms with Gasteiger partial charge in [-0.2, -0.15) is 0 Å². The number of benzene rings is 2. The number of aliphatic hydroxyl groups excluding tert-OH is 1. The van der Waals surface area contributed by atoms with Crippen LogP contribution < -0.4 is 4.74 Å². The predicted molar refractivity (Wildman–Crippen MR) is 95.9 cm³/mol. The minimum Gasteiger partial charge on any atom is -0.491 e. The molecule has 1 N–H and O–H groups in total. The number of ether oxygens (including phenoxy) is 1. The first kappa shape index (κ1) is 18.5. The maximum atomic E-state index is 12.5. The van der Waals surface area contributed by atoms with E-state index in [4.69, 9.17) is 4.74 Å². The summed E-state index contributed by atoms with van der Waals surface area (Å²) >= 11 is 0. The van der Waals surface area contributed by atoms with Crippen LogP contribution in [0.5, 0.6) is 5.75 Å². The van der Waals surface area contributed by atoms with Gasteiger partial charge in [-0.25, -0.2) is 0 Å². The number of nitrogens with zero attached hydrogens (tertiary/aromatic N) is 2. The minimum atomic E-state index is -1.13. The lowest BCUT2D eigenvalue weighted by Crippen LogP contribution is -2.39. The van der Waals surface area contributed by atoms with Gasteiger partial charge in [-0.05, 0) is 31.5 Å². The van der Waals surface area contributed by atoms with E-state index in [-0.39, 0.29) is 24.3 Å². The van der Waals surface area contributed by atoms with Crippen LogP contribution in [0.1, 0.15) is 31.8 Å². The molecule has 0 fully saturated rings. The highest BCUT2D eigenvalue weighted by Crippen LogP contribution is 2.30. The molecule has 0 saturated heterocycles. The van der Waals surface area contributed by atoms with E-state index in [1.807, 2.05) is 26.0 Å². The van der Waals surface area contributed by atoms with Crippen molar-refractivity contribution in [3.8, 4) is 5.75 Å². The van der Waals surface area contributed by atoms with Crippen LogP contribution in [0.4, 0.5) is 5.69 Å². The van der Waals surface area contributed by atoms with Crippen LogP contribution in [0.15, 0.2) is 36.4 Å². The number of hydrogen-bond donors (Lipinski definition) is 1. The van der Waals surface area contributed by atoms with E-state index in [1.165, 1.54) is 18.2 Å². The highest BCUT2D eigenvalue weighted by molar-refractivity contribution is 6.23. The molecule has 2 amide bonds. The maximum absolute atomic E-state index is 12.5. The smallest absolute Gasteiger partial charge is 0.282 e. The molecule has 1 aliphatic rings. The molecule has 3 rings (SSSR count). The summed E-state index contributed by atoms with van der Waals surface area (Å²) in [6.07, 6.45) is -1.13. The van der Waals surface area contributed by atoms with Gasteiger partial charge in [0.25, 0.3) is 17.5 Å². The zero-order valence-corrected chi connectivity index (χ0v) is 14.8. The lowest BCUT2D eigenvalue weighted by Gasteiger charge is -2.19. The van der Waals surface area contributed by atoms with Crippen molar-refractivity contribution in [3.05, 3.63) is 68.8 Å². The van der Waals surface area contributed by atoms with Gasteiger partial charge in [0, 0.05) is 6.07 Å². The Hall–Kier alpha value is -3.26. The van der Waals surface area contributed by atoms with Crippen molar-refractivity contribution >= 4 is 17.5 Å². The Kier molecular flexibility index (Phi) is 4.91. The number of aryl methyl sites for hydroxylation is 2. The lowest BCUT2D eigenvalue weighted by atomic mass is 10.1. The molecule has 140 valence electrons. The van der Waals surface area contributed by atoms with Gasteiger partial charge in [0.15, 0.2) is 0 Å². The van der Waals surface area contributed by atoms with Crippen molar-refractivity contribution in [2.75, 3.05) is 13.2 Å². The number of amides is 2. The van der Waals surface area contributed by atoms with Crippen LogP contribution in [0.2, 0.25) is 0 Å². The number of rotatable bonds is 6. The largest absolute Gasteiger partial charge is 0.491 e. The van der Waals surface area contributed by atoms with Gasteiger partial charge in [0.2, 0.25) is 0 Å². The molecular weight excluding hydrogens is 352 g/mol. The molecule has 0 radical (unpaired) electrons. The molecule has 0 aliphatic carbocycles. The maximum Gasteiger partial charge on any atom is 0.282 e. The van der Waals surface area contributed by atoms with Crippen molar-refractivity contribution in [2.24, 2.45) is 0 Å². The SMILES string of the molecule is Cc1ccc(OCC(O)CN2C(=O)c3cccc([N+](=O)[O-])c3C2=O)c(C)c1. The molecule has 2 aromatic rings. The van der Waals surface area contributed by atoms with Gasteiger partial charge in [-0.15, -0.1) is 0 Å². The zero-order valence-electron chi connectivity index (χ0n) is 14.8. The Morgan fingerprint density at radius 1 is 1.19 bits per heavy atom. The number of β-amino-alcohol motifs (C(OH)–C–C–N with tert-alkyl or cyclic N) is 1. The molecule has 27 heavy (non-hydrogen) atoms. The lowest BCUT2D eigenvalue weighted by molar-refractivity contribution is -0.385. The summed E-state index contributed by atoms with van der Waals surface area (Å²) in [7, 11) is 0. The van der Waals surface area contributed by atoms with Crippen LogP contribution in [0.25, 0.3) is 0 Å². The van der Waals surface area contributed by atoms with Gasteiger partial charge in [-0.1, -0.05) is 23.8 Å². The predicted octanol–water partition coefficient (Wildman–Crippen LogP) is 2.25. The van der Waals surface area contributed by atoms with Crippen molar-refractivity contribution < 1.29 is 24.4 Å². The summed E-state index contributed by atoms with van der Waals surface area (Å²) in [5.41, 5.74) is 1.28. The number of carbonyl (C=O) groups is 2. The highest BCUT2D eigenvalue weighted by atomic mass is 16.6. The number of nitro groups is 1. The van der Waals surface area contributed by atoms with Gasteiger partial charge in [-0.3, -0.25) is 24.6 Å². The highest BCUT2D eigenvalue weighted by Gasteiger charge is 2.41. The summed E-state index contributed by atoms with van der Waals surface area (Å²) in [6, 6.07) is 9.48. The van der Waals surface area contributed by atoms with E-state index in [0.29, 0.717) is 5.75 Å². The van der Waals surface area contributed by atoms with Crippen LogP contribution in [-0.2, 0) is 0 Å². The topological polar surface area (TPSA) is 110 Å². The van der Waals surface area contributed by atoms with Gasteiger partial charge in [0.1, 0.15) is 24.0 Å². The molecule has 8 nitrogen and oxygen atoms in total. The molecule has 8 heteroatoms. The van der Waals surface area contributed by atoms with Crippen LogP contribution in [0.3, 0.4) is 0 Å². The number of aliphatic hydroxyl groups is 1. The quantitative estimate of drug-likeness (QED) is 0.474. The molecule has 1 unspecified atom stereocenters. The van der Waals surface area contributed by atoms with Gasteiger partial charge in [0.05, 0.1) is 17.0 Å². The third-order valence-electron chi connectivity index (χ3n) is 4.33. The number of fused-ring (bicyclic) bond motifs is 1. The van der Waals surface area contributed by atoms with Crippen molar-refractivity contribution in [3.63, 3.8) is 0 Å². The summed E-state index contributed by atoms with van der Waals surface area (Å²) in [4.78, 5) is 36.1. The standard InChI is InChI=1S/C19H18N2O6/c1-11-6-7-16(12(2)8-11)27-10-13(22)9-20-18(23)14-4-3-5-15(21(25)26)17(14)19(20)24/h3-8,13,22H,9-10H2,1-2H3. The molecule has 1 atom stereocenters. The average Bonchev–Trinajstić information content (AvgIpc) is 2.86. The van der Waals surface area contributed by atoms with Gasteiger partial charge < -0.3 is 9.84 Å². The van der Waals surface area contributed by atoms with E-state index >= 15 is 0 Å². The van der Waals surface area contributed by atoms with Crippen LogP contribution in [0, 0.1) is 24.0 Å². The fourth-order valence-corrected chi connectivity index (χ4v) is 3.04. The third-order valence-corrected chi connectivity index (χ3v) is 4.33. The molecule has 0 spiro atoms. The molecular formula is C19H18N2O6. The second kappa shape index (κ2) is 7.16. The first-order chi connectivity index (χ1) is 12.8. The molecule has 1 heterocycles. The monoisotopic (exact) mass is 370 g/mol. The zero-order chi connectivity index (χ0) is 19.7. The van der Waals surface area contributed by atoms with Crippen molar-refractivity contribution in [2.45, 2.75) is 20.0 Å². The summed E-state index contributed by atoms with van der Waals surface area (Å²) < 4.78 is 5.57. The Bertz CT molecular complexity index is 940. The first-order valence-electron chi connectivity index (χ1n) is 8.31. The fraction of sp³-hybridized carbons (Fsp3) is 0.263. The van der Waals surface area contributed by atoms with E-state index in [1.54, 1.807) is 6.07 Å². The molecule has 0 aromatic heterocycles. The second-order valence-electron chi connectivity index (χ2n) is 6.41. The van der Waals surface area contributed by atoms with E-state index in [2.05, 4.69) is 0 Å². The normalized spacial score (nSPS) is 14.3. The third kappa shape index (κ3) is 3.52. The Labute approximate surface area is 155 Å². The first-order valence-corrected chi connectivity index (χ1v) is 8.31. The average molecular weight is 370 g/mol. The van der Waals surface area contributed by atoms with E-state index in [0.717, 1.165) is 16.0 Å². The Morgan fingerprint density at radius 3 is 2.59 bits per heavy atom. The van der Waals surface area contributed by atoms with Crippen LogP contribution >= 0.6 is 0 Å². The summed E-state index contributed by atoms with van der Waals surface area (Å²) in [5, 5.41) is 21.3. The Morgan fingerprint density at radius 2 is 1.93 bits per heavy atom. The Balaban J connectivity index is 1.71. The number of carbonyl (C=O) groups excluding carboxylic acids is 2. The van der Waals surface area contributed by atoms with Crippen LogP contribution in [-0.4, -0.2) is 46.0 Å². The number of imide groups is 1. The summed E-state index contributed by atoms with van der Waals surface area (Å²) in [5.74, 6) is -0.852. The molecule has 0 saturated carbocycles. The van der Waals surface area contributed by atoms with E-state index in [9.17, 15) is 24.8 Å². The number of nitro benzene ring substituents is 1. The van der Waals surface area contributed by atoms with E-state index < -0.39 is 28.5 Å².